The van der Waals surface area contributed by atoms with Gasteiger partial charge in [0.2, 0.25) is 0 Å². The first kappa shape index (κ1) is 16.0. The molecule has 2 aromatic carbocycles. The summed E-state index contributed by atoms with van der Waals surface area (Å²) in [7, 11) is 0. The number of benzene rings is 2. The van der Waals surface area contributed by atoms with Crippen molar-refractivity contribution < 1.29 is 19.1 Å². The largest absolute Gasteiger partial charge is 0.456 e. The van der Waals surface area contributed by atoms with E-state index in [1.165, 1.54) is 0 Å². The van der Waals surface area contributed by atoms with E-state index in [0.29, 0.717) is 5.69 Å². The molecule has 2 aromatic rings. The maximum Gasteiger partial charge on any atom is 0.356 e. The average molecular weight is 349 g/mol. The normalized spacial score (nSPS) is 18.8. The summed E-state index contributed by atoms with van der Waals surface area (Å²) in [6.07, 6.45) is 0. The number of nitrogens with one attached hydrogen (secondary N) is 2. The van der Waals surface area contributed by atoms with Crippen LogP contribution in [0.3, 0.4) is 0 Å². The zero-order valence-electron chi connectivity index (χ0n) is 13.6. The average Bonchev–Trinajstić information content (AvgIpc) is 3.22. The number of imide groups is 1. The fourth-order valence-electron chi connectivity index (χ4n) is 2.97. The van der Waals surface area contributed by atoms with Gasteiger partial charge in [-0.2, -0.15) is 0 Å². The Morgan fingerprint density at radius 1 is 1.00 bits per heavy atom. The number of hydrazine groups is 1. The number of carbonyl (C=O) groups excluding carboxylic acids is 3. The van der Waals surface area contributed by atoms with Gasteiger partial charge in [-0.1, -0.05) is 48.5 Å². The van der Waals surface area contributed by atoms with Crippen molar-refractivity contribution in [2.75, 3.05) is 4.90 Å². The number of fused-ring (bicyclic) bond motifs is 1. The monoisotopic (exact) mass is 349 g/mol. The van der Waals surface area contributed by atoms with Crippen LogP contribution < -0.4 is 15.8 Å². The van der Waals surface area contributed by atoms with Crippen molar-refractivity contribution in [2.45, 2.75) is 12.6 Å². The van der Waals surface area contributed by atoms with Gasteiger partial charge in [0, 0.05) is 0 Å². The predicted molar refractivity (Wildman–Crippen MR) is 92.3 cm³/mol. The molecule has 26 heavy (non-hydrogen) atoms. The maximum atomic E-state index is 12.7. The van der Waals surface area contributed by atoms with E-state index in [-0.39, 0.29) is 17.9 Å². The number of amides is 2. The molecule has 7 heteroatoms. The first-order valence-electron chi connectivity index (χ1n) is 8.07. The zero-order chi connectivity index (χ0) is 18.1. The van der Waals surface area contributed by atoms with E-state index in [1.54, 1.807) is 30.3 Å². The summed E-state index contributed by atoms with van der Waals surface area (Å²) < 4.78 is 5.26. The molecule has 1 fully saturated rings. The van der Waals surface area contributed by atoms with E-state index in [4.69, 9.17) is 4.74 Å². The summed E-state index contributed by atoms with van der Waals surface area (Å²) in [5.41, 5.74) is 6.65. The molecule has 2 N–H and O–H groups in total. The van der Waals surface area contributed by atoms with Crippen molar-refractivity contribution in [3.8, 4) is 0 Å². The van der Waals surface area contributed by atoms with Gasteiger partial charge in [0.15, 0.2) is 0 Å². The molecule has 0 aliphatic carbocycles. The van der Waals surface area contributed by atoms with Gasteiger partial charge < -0.3 is 10.2 Å². The van der Waals surface area contributed by atoms with Crippen LogP contribution in [-0.2, 0) is 25.7 Å². The van der Waals surface area contributed by atoms with Crippen LogP contribution in [0.5, 0.6) is 0 Å². The first-order valence-corrected chi connectivity index (χ1v) is 8.07. The Morgan fingerprint density at radius 3 is 2.35 bits per heavy atom. The fraction of sp³-hybridized carbons (Fsp3) is 0.105. The highest BCUT2D eigenvalue weighted by atomic mass is 16.5. The van der Waals surface area contributed by atoms with E-state index in [2.05, 4.69) is 10.9 Å². The molecule has 0 aromatic heterocycles. The zero-order valence-corrected chi connectivity index (χ0v) is 13.6. The second-order valence-electron chi connectivity index (χ2n) is 5.87. The minimum atomic E-state index is -0.901. The molecule has 0 bridgehead atoms. The summed E-state index contributed by atoms with van der Waals surface area (Å²) >= 11 is 0. The van der Waals surface area contributed by atoms with Crippen molar-refractivity contribution in [1.82, 2.24) is 10.9 Å². The van der Waals surface area contributed by atoms with E-state index in [9.17, 15) is 14.4 Å². The highest BCUT2D eigenvalue weighted by molar-refractivity contribution is 6.32. The third-order valence-corrected chi connectivity index (χ3v) is 4.23. The molecule has 0 spiro atoms. The predicted octanol–water partition coefficient (Wildman–Crippen LogP) is 1.03. The number of para-hydroxylation sites is 1. The van der Waals surface area contributed by atoms with E-state index in [1.807, 2.05) is 30.3 Å². The quantitative estimate of drug-likeness (QED) is 0.633. The molecule has 130 valence electrons. The van der Waals surface area contributed by atoms with Crippen molar-refractivity contribution in [2.24, 2.45) is 0 Å². The van der Waals surface area contributed by atoms with Crippen LogP contribution in [-0.4, -0.2) is 23.8 Å². The molecule has 2 heterocycles. The summed E-state index contributed by atoms with van der Waals surface area (Å²) in [6, 6.07) is 16.9. The Hall–Kier alpha value is -3.45. The molecule has 2 aliphatic heterocycles. The lowest BCUT2D eigenvalue weighted by Crippen LogP contribution is -2.42. The molecule has 2 amide bonds. The number of rotatable bonds is 4. The second kappa shape index (κ2) is 6.45. The van der Waals surface area contributed by atoms with Gasteiger partial charge in [0.25, 0.3) is 11.8 Å². The molecule has 1 atom stereocenters. The summed E-state index contributed by atoms with van der Waals surface area (Å²) in [5.74, 6) is -1.65. The number of hydrogen-bond acceptors (Lipinski definition) is 6. The second-order valence-corrected chi connectivity index (χ2v) is 5.87. The summed E-state index contributed by atoms with van der Waals surface area (Å²) in [5, 5.41) is 0. The van der Waals surface area contributed by atoms with Crippen LogP contribution in [0.25, 0.3) is 0 Å². The van der Waals surface area contributed by atoms with Crippen LogP contribution in [0.1, 0.15) is 5.56 Å². The Bertz CT molecular complexity index is 909. The molecule has 0 saturated carbocycles. The number of esters is 1. The maximum absolute atomic E-state index is 12.7. The lowest BCUT2D eigenvalue weighted by atomic mass is 10.1. The summed E-state index contributed by atoms with van der Waals surface area (Å²) in [6.45, 7) is 0.0767. The van der Waals surface area contributed by atoms with E-state index >= 15 is 0 Å². The standard InChI is InChI=1S/C19H15N3O4/c23-17-14-15(18(24)22(17)13-9-5-2-6-10-13)20-21-16(14)19(25)26-11-12-7-3-1-4-8-12/h1-10,15,20-21H,11H2. The molecule has 7 nitrogen and oxygen atoms in total. The topological polar surface area (TPSA) is 87.7 Å². The molecule has 4 rings (SSSR count). The third-order valence-electron chi connectivity index (χ3n) is 4.23. The minimum Gasteiger partial charge on any atom is -0.456 e. The van der Waals surface area contributed by atoms with Crippen molar-refractivity contribution in [3.63, 3.8) is 0 Å². The van der Waals surface area contributed by atoms with Gasteiger partial charge in [0.05, 0.1) is 11.3 Å². The van der Waals surface area contributed by atoms with E-state index < -0.39 is 23.8 Å². The highest BCUT2D eigenvalue weighted by Crippen LogP contribution is 2.30. The molecule has 2 aliphatic rings. The van der Waals surface area contributed by atoms with Crippen LogP contribution in [0, 0.1) is 0 Å². The van der Waals surface area contributed by atoms with E-state index in [0.717, 1.165) is 10.5 Å². The highest BCUT2D eigenvalue weighted by Gasteiger charge is 2.50. The summed E-state index contributed by atoms with van der Waals surface area (Å²) in [4.78, 5) is 38.8. The van der Waals surface area contributed by atoms with Gasteiger partial charge in [-0.25, -0.2) is 15.1 Å². The van der Waals surface area contributed by atoms with Crippen LogP contribution in [0.4, 0.5) is 5.69 Å². The number of anilines is 1. The molecular formula is C19H15N3O4. The smallest absolute Gasteiger partial charge is 0.356 e. The van der Waals surface area contributed by atoms with Gasteiger partial charge in [-0.3, -0.25) is 9.59 Å². The fourth-order valence-corrected chi connectivity index (χ4v) is 2.97. The Kier molecular flexibility index (Phi) is 3.98. The lowest BCUT2D eigenvalue weighted by Gasteiger charge is -2.15. The van der Waals surface area contributed by atoms with Gasteiger partial charge in [-0.15, -0.1) is 0 Å². The first-order chi connectivity index (χ1) is 12.7. The Labute approximate surface area is 149 Å². The number of nitrogens with zero attached hydrogens (tertiary/aromatic N) is 1. The molecule has 1 unspecified atom stereocenters. The molecule has 0 radical (unpaired) electrons. The third kappa shape index (κ3) is 2.64. The van der Waals surface area contributed by atoms with Crippen molar-refractivity contribution in [3.05, 3.63) is 77.5 Å². The Balaban J connectivity index is 1.58. The lowest BCUT2D eigenvalue weighted by molar-refractivity contribution is -0.141. The van der Waals surface area contributed by atoms with Gasteiger partial charge in [-0.05, 0) is 17.7 Å². The van der Waals surface area contributed by atoms with Crippen LogP contribution in [0.15, 0.2) is 71.9 Å². The Morgan fingerprint density at radius 2 is 1.65 bits per heavy atom. The minimum absolute atomic E-state index is 0.0253. The number of carbonyl (C=O) groups is 3. The van der Waals surface area contributed by atoms with Gasteiger partial charge >= 0.3 is 5.97 Å². The molecular weight excluding hydrogens is 334 g/mol. The van der Waals surface area contributed by atoms with Crippen molar-refractivity contribution >= 4 is 23.5 Å². The number of ether oxygens (including phenoxy) is 1. The number of hydrogen-bond donors (Lipinski definition) is 2. The van der Waals surface area contributed by atoms with Crippen LogP contribution in [0.2, 0.25) is 0 Å². The van der Waals surface area contributed by atoms with Gasteiger partial charge in [0.1, 0.15) is 18.3 Å². The SMILES string of the molecule is O=C(OCc1ccccc1)C1=C2C(=O)N(c3ccccc3)C(=O)C2NN1. The van der Waals surface area contributed by atoms with Crippen molar-refractivity contribution in [1.29, 1.82) is 0 Å². The van der Waals surface area contributed by atoms with Crippen LogP contribution >= 0.6 is 0 Å². The molecule has 1 saturated heterocycles.